The third kappa shape index (κ3) is 3.92. The van der Waals surface area contributed by atoms with Crippen LogP contribution in [0.25, 0.3) is 10.2 Å². The van der Waals surface area contributed by atoms with Crippen LogP contribution in [-0.2, 0) is 6.54 Å². The first-order valence-corrected chi connectivity index (χ1v) is 10.3. The van der Waals surface area contributed by atoms with E-state index in [9.17, 15) is 9.59 Å². The Morgan fingerprint density at radius 1 is 1.14 bits per heavy atom. The van der Waals surface area contributed by atoms with Gasteiger partial charge in [-0.05, 0) is 36.2 Å². The molecule has 5 nitrogen and oxygen atoms in total. The number of nitrogens with zero attached hydrogens (tertiary/aromatic N) is 2. The molecule has 2 aromatic heterocycles. The number of benzene rings is 2. The predicted molar refractivity (Wildman–Crippen MR) is 119 cm³/mol. The molecule has 0 aliphatic rings. The van der Waals surface area contributed by atoms with E-state index < -0.39 is 0 Å². The molecule has 4 aromatic rings. The Hall–Kier alpha value is -2.67. The number of thiophene rings is 1. The van der Waals surface area contributed by atoms with E-state index in [1.165, 1.54) is 17.7 Å². The first kappa shape index (κ1) is 19.6. The average molecular weight is 444 g/mol. The SMILES string of the molecule is Cc1c(C(=O)Nc2ccc(Cl)c(Cl)c2)sc2ncn(Cc3ccccc3)c(=O)c12. The van der Waals surface area contributed by atoms with E-state index >= 15 is 0 Å². The Labute approximate surface area is 180 Å². The number of nitrogens with one attached hydrogen (secondary N) is 1. The van der Waals surface area contributed by atoms with Crippen LogP contribution < -0.4 is 10.9 Å². The van der Waals surface area contributed by atoms with E-state index in [0.717, 1.165) is 5.56 Å². The average Bonchev–Trinajstić information content (AvgIpc) is 3.05. The highest BCUT2D eigenvalue weighted by Crippen LogP contribution is 2.29. The number of anilines is 1. The Morgan fingerprint density at radius 2 is 1.90 bits per heavy atom. The fraction of sp³-hybridized carbons (Fsp3) is 0.0952. The van der Waals surface area contributed by atoms with Crippen LogP contribution in [-0.4, -0.2) is 15.5 Å². The van der Waals surface area contributed by atoms with E-state index in [4.69, 9.17) is 23.2 Å². The highest BCUT2D eigenvalue weighted by molar-refractivity contribution is 7.20. The maximum atomic E-state index is 13.0. The highest BCUT2D eigenvalue weighted by atomic mass is 35.5. The number of halogens is 2. The summed E-state index contributed by atoms with van der Waals surface area (Å²) in [5.74, 6) is -0.321. The van der Waals surface area contributed by atoms with Crippen molar-refractivity contribution in [1.29, 1.82) is 0 Å². The van der Waals surface area contributed by atoms with E-state index in [0.29, 0.717) is 42.9 Å². The Bertz CT molecular complexity index is 1280. The van der Waals surface area contributed by atoms with Crippen LogP contribution in [0.4, 0.5) is 5.69 Å². The molecule has 146 valence electrons. The molecule has 29 heavy (non-hydrogen) atoms. The van der Waals surface area contributed by atoms with Crippen LogP contribution in [0.15, 0.2) is 59.7 Å². The molecule has 0 aliphatic heterocycles. The minimum Gasteiger partial charge on any atom is -0.321 e. The van der Waals surface area contributed by atoms with Gasteiger partial charge in [0.2, 0.25) is 0 Å². The zero-order valence-corrected chi connectivity index (χ0v) is 17.6. The van der Waals surface area contributed by atoms with Gasteiger partial charge >= 0.3 is 0 Å². The molecule has 2 heterocycles. The second-order valence-corrected chi connectivity index (χ2v) is 8.30. The van der Waals surface area contributed by atoms with Crippen molar-refractivity contribution in [3.63, 3.8) is 0 Å². The van der Waals surface area contributed by atoms with Crippen LogP contribution in [0.3, 0.4) is 0 Å². The van der Waals surface area contributed by atoms with Gasteiger partial charge in [-0.15, -0.1) is 11.3 Å². The summed E-state index contributed by atoms with van der Waals surface area (Å²) in [7, 11) is 0. The van der Waals surface area contributed by atoms with E-state index in [1.807, 2.05) is 30.3 Å². The first-order valence-electron chi connectivity index (χ1n) is 8.73. The van der Waals surface area contributed by atoms with Crippen molar-refractivity contribution in [3.05, 3.63) is 91.3 Å². The molecule has 0 fully saturated rings. The largest absolute Gasteiger partial charge is 0.321 e. The second kappa shape index (κ2) is 7.99. The monoisotopic (exact) mass is 443 g/mol. The van der Waals surface area contributed by atoms with Crippen LogP contribution in [0, 0.1) is 6.92 Å². The minimum absolute atomic E-state index is 0.166. The quantitative estimate of drug-likeness (QED) is 0.460. The lowest BCUT2D eigenvalue weighted by atomic mass is 10.2. The molecule has 0 atom stereocenters. The van der Waals surface area contributed by atoms with Crippen molar-refractivity contribution in [2.75, 3.05) is 5.32 Å². The summed E-state index contributed by atoms with van der Waals surface area (Å²) in [6.45, 7) is 2.18. The molecule has 4 rings (SSSR count). The minimum atomic E-state index is -0.321. The fourth-order valence-corrected chi connectivity index (χ4v) is 4.36. The van der Waals surface area contributed by atoms with Gasteiger partial charge in [-0.3, -0.25) is 14.2 Å². The second-order valence-electron chi connectivity index (χ2n) is 6.48. The lowest BCUT2D eigenvalue weighted by Crippen LogP contribution is -2.21. The van der Waals surface area contributed by atoms with Gasteiger partial charge in [0.25, 0.3) is 11.5 Å². The van der Waals surface area contributed by atoms with Crippen molar-refractivity contribution in [3.8, 4) is 0 Å². The van der Waals surface area contributed by atoms with Gasteiger partial charge in [0.05, 0.1) is 33.2 Å². The zero-order chi connectivity index (χ0) is 20.5. The molecule has 0 aliphatic carbocycles. The van der Waals surface area contributed by atoms with Gasteiger partial charge in [-0.1, -0.05) is 53.5 Å². The maximum Gasteiger partial charge on any atom is 0.266 e. The van der Waals surface area contributed by atoms with Gasteiger partial charge in [0.15, 0.2) is 0 Å². The van der Waals surface area contributed by atoms with Gasteiger partial charge in [0.1, 0.15) is 4.83 Å². The summed E-state index contributed by atoms with van der Waals surface area (Å²) in [6.07, 6.45) is 1.52. The van der Waals surface area contributed by atoms with Crippen LogP contribution in [0.1, 0.15) is 20.8 Å². The van der Waals surface area contributed by atoms with Gasteiger partial charge in [-0.2, -0.15) is 0 Å². The molecule has 0 bridgehead atoms. The van der Waals surface area contributed by atoms with Crippen LogP contribution in [0.5, 0.6) is 0 Å². The summed E-state index contributed by atoms with van der Waals surface area (Å²) in [5, 5.41) is 4.02. The molecule has 0 saturated carbocycles. The molecule has 0 saturated heterocycles. The number of rotatable bonds is 4. The van der Waals surface area contributed by atoms with Crippen molar-refractivity contribution in [2.24, 2.45) is 0 Å². The predicted octanol–water partition coefficient (Wildman–Crippen LogP) is 5.37. The Morgan fingerprint density at radius 3 is 2.62 bits per heavy atom. The number of aryl methyl sites for hydroxylation is 1. The van der Waals surface area contributed by atoms with E-state index in [-0.39, 0.29) is 11.5 Å². The molecule has 1 N–H and O–H groups in total. The number of fused-ring (bicyclic) bond motifs is 1. The molecule has 2 aromatic carbocycles. The summed E-state index contributed by atoms with van der Waals surface area (Å²) >= 11 is 13.1. The molecule has 0 radical (unpaired) electrons. The summed E-state index contributed by atoms with van der Waals surface area (Å²) < 4.78 is 1.55. The lowest BCUT2D eigenvalue weighted by Gasteiger charge is -2.06. The zero-order valence-electron chi connectivity index (χ0n) is 15.3. The normalized spacial score (nSPS) is 11.0. The van der Waals surface area contributed by atoms with Gasteiger partial charge < -0.3 is 5.32 Å². The molecule has 8 heteroatoms. The number of carbonyl (C=O) groups excluding carboxylic acids is 1. The number of carbonyl (C=O) groups is 1. The fourth-order valence-electron chi connectivity index (χ4n) is 3.03. The smallest absolute Gasteiger partial charge is 0.266 e. The molecule has 1 amide bonds. The van der Waals surface area contributed by atoms with E-state index in [1.54, 1.807) is 29.7 Å². The van der Waals surface area contributed by atoms with Crippen molar-refractivity contribution in [2.45, 2.75) is 13.5 Å². The van der Waals surface area contributed by atoms with Gasteiger partial charge in [-0.25, -0.2) is 4.98 Å². The number of hydrogen-bond donors (Lipinski definition) is 1. The van der Waals surface area contributed by atoms with Gasteiger partial charge in [0, 0.05) is 5.69 Å². The number of amides is 1. The topological polar surface area (TPSA) is 64.0 Å². The Balaban J connectivity index is 1.68. The molecule has 0 unspecified atom stereocenters. The summed E-state index contributed by atoms with van der Waals surface area (Å²) in [4.78, 5) is 31.1. The maximum absolute atomic E-state index is 13.0. The van der Waals surface area contributed by atoms with E-state index in [2.05, 4.69) is 10.3 Å². The first-order chi connectivity index (χ1) is 13.9. The standard InChI is InChI=1S/C21H15Cl2N3O2S/c1-12-17-20(24-11-26(21(17)28)10-13-5-3-2-4-6-13)29-18(12)19(27)25-14-7-8-15(22)16(23)9-14/h2-9,11H,10H2,1H3,(H,25,27). The summed E-state index contributed by atoms with van der Waals surface area (Å²) in [6, 6.07) is 14.5. The van der Waals surface area contributed by atoms with Crippen LogP contribution in [0.2, 0.25) is 10.0 Å². The number of hydrogen-bond acceptors (Lipinski definition) is 4. The lowest BCUT2D eigenvalue weighted by molar-refractivity contribution is 0.103. The van der Waals surface area contributed by atoms with Crippen molar-refractivity contribution >= 4 is 56.3 Å². The number of aromatic nitrogens is 2. The third-order valence-corrected chi connectivity index (χ3v) is 6.43. The van der Waals surface area contributed by atoms with Crippen molar-refractivity contribution < 1.29 is 4.79 Å². The van der Waals surface area contributed by atoms with Crippen LogP contribution >= 0.6 is 34.5 Å². The summed E-state index contributed by atoms with van der Waals surface area (Å²) in [5.41, 5.74) is 1.97. The highest BCUT2D eigenvalue weighted by Gasteiger charge is 2.20. The molecular weight excluding hydrogens is 429 g/mol. The Kier molecular flexibility index (Phi) is 5.41. The van der Waals surface area contributed by atoms with Crippen molar-refractivity contribution in [1.82, 2.24) is 9.55 Å². The molecular formula is C21H15Cl2N3O2S. The third-order valence-electron chi connectivity index (χ3n) is 4.50. The molecule has 0 spiro atoms.